The lowest BCUT2D eigenvalue weighted by Crippen LogP contribution is -2.12. The first kappa shape index (κ1) is 32.3. The van der Waals surface area contributed by atoms with Gasteiger partial charge in [-0.15, -0.1) is 0 Å². The van der Waals surface area contributed by atoms with E-state index in [0.717, 1.165) is 50.7 Å². The molecular formula is C49H40N4. The smallest absolute Gasteiger partial charge is 0.0723 e. The molecule has 7 aromatic carbocycles. The van der Waals surface area contributed by atoms with E-state index in [-0.39, 0.29) is 5.41 Å². The molecule has 0 radical (unpaired) electrons. The van der Waals surface area contributed by atoms with Gasteiger partial charge in [0.15, 0.2) is 0 Å². The Kier molecular flexibility index (Phi) is 8.01. The Morgan fingerprint density at radius 2 is 0.981 bits per heavy atom. The van der Waals surface area contributed by atoms with Crippen molar-refractivity contribution < 1.29 is 0 Å². The number of benzene rings is 7. The minimum Gasteiger partial charge on any atom is -0.311 e. The molecule has 0 aliphatic carbocycles. The Labute approximate surface area is 310 Å². The van der Waals surface area contributed by atoms with Crippen LogP contribution in [0.5, 0.6) is 0 Å². The largest absolute Gasteiger partial charge is 0.311 e. The van der Waals surface area contributed by atoms with Crippen molar-refractivity contribution in [1.29, 1.82) is 0 Å². The molecule has 9 aromatic rings. The molecule has 0 atom stereocenters. The van der Waals surface area contributed by atoms with E-state index in [4.69, 9.17) is 4.98 Å². The summed E-state index contributed by atoms with van der Waals surface area (Å²) < 4.78 is 2.39. The number of nitrogens with zero attached hydrogens (tertiary/aromatic N) is 4. The molecule has 0 spiro atoms. The van der Waals surface area contributed by atoms with Crippen molar-refractivity contribution in [2.24, 2.45) is 0 Å². The van der Waals surface area contributed by atoms with E-state index >= 15 is 0 Å². The lowest BCUT2D eigenvalue weighted by molar-refractivity contribution is 0.591. The van der Waals surface area contributed by atoms with E-state index in [1.807, 2.05) is 12.3 Å². The minimum absolute atomic E-state index is 0.0179. The molecule has 0 N–H and O–H groups in total. The standard InChI is InChI=1S/C49H40N4/c1-49(2,3)35-24-30-47-43(33-35)44-34-41(29-31-48(44)53(47)38-19-11-6-12-20-38)52(46-23-13-22-45-42(46)21-14-32-50-45)40-27-25-39(26-28-40)51(36-15-7-4-8-16-36)37-17-9-5-10-18-37/h4-34H,1-3H3. The van der Waals surface area contributed by atoms with Crippen LogP contribution in [0.2, 0.25) is 0 Å². The minimum atomic E-state index is 0.0179. The van der Waals surface area contributed by atoms with E-state index in [2.05, 4.69) is 211 Å². The lowest BCUT2D eigenvalue weighted by atomic mass is 9.86. The fourth-order valence-corrected chi connectivity index (χ4v) is 7.53. The molecule has 256 valence electrons. The summed E-state index contributed by atoms with van der Waals surface area (Å²) in [6.07, 6.45) is 1.87. The third-order valence-electron chi connectivity index (χ3n) is 10.1. The zero-order chi connectivity index (χ0) is 35.9. The summed E-state index contributed by atoms with van der Waals surface area (Å²) in [6, 6.07) is 65.2. The summed E-state index contributed by atoms with van der Waals surface area (Å²) in [7, 11) is 0. The van der Waals surface area contributed by atoms with Gasteiger partial charge in [-0.25, -0.2) is 0 Å². The molecule has 2 aromatic heterocycles. The second-order valence-corrected chi connectivity index (χ2v) is 14.6. The first-order chi connectivity index (χ1) is 25.9. The molecule has 0 amide bonds. The monoisotopic (exact) mass is 684 g/mol. The number of pyridine rings is 1. The predicted molar refractivity (Wildman–Crippen MR) is 224 cm³/mol. The highest BCUT2D eigenvalue weighted by Gasteiger charge is 2.22. The summed E-state index contributed by atoms with van der Waals surface area (Å²) in [6.45, 7) is 6.85. The summed E-state index contributed by atoms with van der Waals surface area (Å²) in [5.41, 5.74) is 12.3. The van der Waals surface area contributed by atoms with Crippen LogP contribution in [-0.4, -0.2) is 9.55 Å². The van der Waals surface area contributed by atoms with Gasteiger partial charge in [0.1, 0.15) is 0 Å². The zero-order valence-electron chi connectivity index (χ0n) is 30.2. The Hall–Kier alpha value is -6.65. The van der Waals surface area contributed by atoms with E-state index < -0.39 is 0 Å². The maximum atomic E-state index is 4.74. The van der Waals surface area contributed by atoms with Gasteiger partial charge in [0.2, 0.25) is 0 Å². The molecule has 0 saturated heterocycles. The molecule has 4 heteroatoms. The van der Waals surface area contributed by atoms with Crippen molar-refractivity contribution >= 4 is 66.8 Å². The van der Waals surface area contributed by atoms with E-state index in [9.17, 15) is 0 Å². The van der Waals surface area contributed by atoms with Crippen LogP contribution in [-0.2, 0) is 5.41 Å². The predicted octanol–water partition coefficient (Wildman–Crippen LogP) is 13.6. The molecule has 4 nitrogen and oxygen atoms in total. The average molecular weight is 685 g/mol. The molecule has 2 heterocycles. The fourth-order valence-electron chi connectivity index (χ4n) is 7.53. The number of aromatic nitrogens is 2. The van der Waals surface area contributed by atoms with Crippen LogP contribution >= 0.6 is 0 Å². The maximum Gasteiger partial charge on any atom is 0.0723 e. The highest BCUT2D eigenvalue weighted by Crippen LogP contribution is 2.44. The van der Waals surface area contributed by atoms with Gasteiger partial charge < -0.3 is 14.4 Å². The van der Waals surface area contributed by atoms with Crippen LogP contribution in [0.25, 0.3) is 38.4 Å². The number of hydrogen-bond acceptors (Lipinski definition) is 3. The number of rotatable bonds is 7. The number of fused-ring (bicyclic) bond motifs is 4. The molecule has 0 aliphatic rings. The van der Waals surface area contributed by atoms with Crippen LogP contribution < -0.4 is 9.80 Å². The first-order valence-electron chi connectivity index (χ1n) is 18.2. The number of anilines is 6. The molecule has 53 heavy (non-hydrogen) atoms. The Balaban J connectivity index is 1.26. The fraction of sp³-hybridized carbons (Fsp3) is 0.0816. The van der Waals surface area contributed by atoms with Crippen molar-refractivity contribution in [3.63, 3.8) is 0 Å². The normalized spacial score (nSPS) is 11.7. The van der Waals surface area contributed by atoms with E-state index in [1.165, 1.54) is 27.4 Å². The summed E-state index contributed by atoms with van der Waals surface area (Å²) in [5.74, 6) is 0. The Morgan fingerprint density at radius 3 is 1.62 bits per heavy atom. The molecular weight excluding hydrogens is 645 g/mol. The molecule has 0 fully saturated rings. The van der Waals surface area contributed by atoms with Gasteiger partial charge in [0.05, 0.1) is 22.2 Å². The first-order valence-corrected chi connectivity index (χ1v) is 18.2. The average Bonchev–Trinajstić information content (AvgIpc) is 3.53. The maximum absolute atomic E-state index is 4.74. The van der Waals surface area contributed by atoms with Crippen molar-refractivity contribution in [2.45, 2.75) is 26.2 Å². The van der Waals surface area contributed by atoms with Gasteiger partial charge in [-0.2, -0.15) is 0 Å². The van der Waals surface area contributed by atoms with E-state index in [0.29, 0.717) is 0 Å². The molecule has 0 bridgehead atoms. The third-order valence-corrected chi connectivity index (χ3v) is 10.1. The van der Waals surface area contributed by atoms with Crippen molar-refractivity contribution in [3.05, 3.63) is 194 Å². The van der Waals surface area contributed by atoms with Gasteiger partial charge in [-0.3, -0.25) is 4.98 Å². The number of para-hydroxylation sites is 3. The molecule has 0 saturated carbocycles. The van der Waals surface area contributed by atoms with Crippen LogP contribution in [0.3, 0.4) is 0 Å². The van der Waals surface area contributed by atoms with Gasteiger partial charge in [0.25, 0.3) is 0 Å². The van der Waals surface area contributed by atoms with Crippen LogP contribution in [0, 0.1) is 0 Å². The van der Waals surface area contributed by atoms with Gasteiger partial charge in [0, 0.05) is 56.5 Å². The summed E-state index contributed by atoms with van der Waals surface area (Å²) in [4.78, 5) is 9.42. The Morgan fingerprint density at radius 1 is 0.434 bits per heavy atom. The van der Waals surface area contributed by atoms with Crippen molar-refractivity contribution in [1.82, 2.24) is 9.55 Å². The van der Waals surface area contributed by atoms with Crippen LogP contribution in [0.15, 0.2) is 188 Å². The van der Waals surface area contributed by atoms with Crippen LogP contribution in [0.1, 0.15) is 26.3 Å². The third kappa shape index (κ3) is 5.88. The Bertz CT molecular complexity index is 2650. The number of hydrogen-bond donors (Lipinski definition) is 0. The van der Waals surface area contributed by atoms with Crippen LogP contribution in [0.4, 0.5) is 34.1 Å². The SMILES string of the molecule is CC(C)(C)c1ccc2c(c1)c1cc(N(c3ccc(N(c4ccccc4)c4ccccc4)cc3)c3cccc4ncccc34)ccc1n2-c1ccccc1. The quantitative estimate of drug-likeness (QED) is 0.167. The van der Waals surface area contributed by atoms with Gasteiger partial charge in [-0.05, 0) is 126 Å². The van der Waals surface area contributed by atoms with Gasteiger partial charge >= 0.3 is 0 Å². The second-order valence-electron chi connectivity index (χ2n) is 14.6. The zero-order valence-corrected chi connectivity index (χ0v) is 30.2. The summed E-state index contributed by atoms with van der Waals surface area (Å²) >= 11 is 0. The topological polar surface area (TPSA) is 24.3 Å². The van der Waals surface area contributed by atoms with Gasteiger partial charge in [-0.1, -0.05) is 87.5 Å². The van der Waals surface area contributed by atoms with E-state index in [1.54, 1.807) is 0 Å². The summed E-state index contributed by atoms with van der Waals surface area (Å²) in [5, 5.41) is 3.55. The highest BCUT2D eigenvalue weighted by atomic mass is 15.2. The molecule has 0 aliphatic heterocycles. The van der Waals surface area contributed by atoms with Crippen molar-refractivity contribution in [3.8, 4) is 5.69 Å². The molecule has 9 rings (SSSR count). The van der Waals surface area contributed by atoms with Crippen molar-refractivity contribution in [2.75, 3.05) is 9.80 Å². The highest BCUT2D eigenvalue weighted by molar-refractivity contribution is 6.11. The molecule has 0 unspecified atom stereocenters. The lowest BCUT2D eigenvalue weighted by Gasteiger charge is -2.29. The second kappa shape index (κ2) is 13.2.